The van der Waals surface area contributed by atoms with Crippen LogP contribution in [-0.4, -0.2) is 64.7 Å². The Morgan fingerprint density at radius 3 is 2.07 bits per heavy atom. The highest BCUT2D eigenvalue weighted by Crippen LogP contribution is 2.28. The fraction of sp³-hybridized carbons (Fsp3) is 0.381. The van der Waals surface area contributed by atoms with Crippen LogP contribution in [0.2, 0.25) is 0 Å². The number of carbonyl (C=O) groups is 1. The van der Waals surface area contributed by atoms with E-state index in [4.69, 9.17) is 14.2 Å². The van der Waals surface area contributed by atoms with Crippen molar-refractivity contribution in [3.05, 3.63) is 48.0 Å². The Balaban J connectivity index is 0.00000280. The average Bonchev–Trinajstić information content (AvgIpc) is 2.73. The SMILES string of the molecule is COc1ccc(N2CCN(CC(=O)c3ccc(OC)c(OC)c3)CC2)cc1.Cl. The molecule has 1 heterocycles. The van der Waals surface area contributed by atoms with Gasteiger partial charge in [-0.15, -0.1) is 12.4 Å². The minimum Gasteiger partial charge on any atom is -0.497 e. The van der Waals surface area contributed by atoms with Crippen LogP contribution in [0.25, 0.3) is 0 Å². The molecule has 1 fully saturated rings. The Morgan fingerprint density at radius 1 is 0.857 bits per heavy atom. The van der Waals surface area contributed by atoms with Gasteiger partial charge in [-0.3, -0.25) is 9.69 Å². The van der Waals surface area contributed by atoms with E-state index in [1.165, 1.54) is 5.69 Å². The largest absolute Gasteiger partial charge is 0.497 e. The maximum absolute atomic E-state index is 12.6. The summed E-state index contributed by atoms with van der Waals surface area (Å²) in [5.74, 6) is 2.15. The van der Waals surface area contributed by atoms with Gasteiger partial charge in [0.1, 0.15) is 5.75 Å². The molecule has 0 amide bonds. The van der Waals surface area contributed by atoms with Crippen molar-refractivity contribution in [2.75, 3.05) is 59.0 Å². The first-order chi connectivity index (χ1) is 13.1. The highest BCUT2D eigenvalue weighted by Gasteiger charge is 2.20. The number of halogens is 1. The molecule has 1 aliphatic rings. The predicted molar refractivity (Wildman–Crippen MR) is 113 cm³/mol. The molecule has 28 heavy (non-hydrogen) atoms. The molecular weight excluding hydrogens is 380 g/mol. The van der Waals surface area contributed by atoms with Gasteiger partial charge in [-0.25, -0.2) is 0 Å². The first-order valence-electron chi connectivity index (χ1n) is 9.01. The molecule has 7 heteroatoms. The van der Waals surface area contributed by atoms with Gasteiger partial charge < -0.3 is 19.1 Å². The zero-order chi connectivity index (χ0) is 19.2. The van der Waals surface area contributed by atoms with E-state index in [1.807, 2.05) is 12.1 Å². The molecule has 0 bridgehead atoms. The Labute approximate surface area is 172 Å². The third-order valence-electron chi connectivity index (χ3n) is 4.88. The summed E-state index contributed by atoms with van der Waals surface area (Å²) in [6.45, 7) is 3.90. The molecule has 0 saturated carbocycles. The number of ketones is 1. The van der Waals surface area contributed by atoms with Gasteiger partial charge in [0, 0.05) is 37.4 Å². The number of ether oxygens (including phenoxy) is 3. The molecule has 0 atom stereocenters. The minimum atomic E-state index is 0. The van der Waals surface area contributed by atoms with Crippen molar-refractivity contribution in [2.24, 2.45) is 0 Å². The molecule has 0 unspecified atom stereocenters. The minimum absolute atomic E-state index is 0. The molecule has 0 aromatic heterocycles. The number of methoxy groups -OCH3 is 3. The number of carbonyl (C=O) groups excluding carboxylic acids is 1. The van der Waals surface area contributed by atoms with Crippen molar-refractivity contribution in [3.8, 4) is 17.2 Å². The highest BCUT2D eigenvalue weighted by molar-refractivity contribution is 5.98. The second kappa shape index (κ2) is 10.2. The number of Topliss-reactive ketones (excluding diaryl/α,β-unsaturated/α-hetero) is 1. The van der Waals surface area contributed by atoms with E-state index < -0.39 is 0 Å². The summed E-state index contributed by atoms with van der Waals surface area (Å²) in [7, 11) is 4.83. The normalized spacial score (nSPS) is 14.2. The van der Waals surface area contributed by atoms with Gasteiger partial charge in [0.05, 0.1) is 27.9 Å². The van der Waals surface area contributed by atoms with Crippen LogP contribution in [0.5, 0.6) is 17.2 Å². The van der Waals surface area contributed by atoms with E-state index in [1.54, 1.807) is 39.5 Å². The lowest BCUT2D eigenvalue weighted by Crippen LogP contribution is -2.48. The van der Waals surface area contributed by atoms with Gasteiger partial charge in [-0.1, -0.05) is 0 Å². The number of anilines is 1. The van der Waals surface area contributed by atoms with Crippen LogP contribution in [0, 0.1) is 0 Å². The number of hydrogen-bond donors (Lipinski definition) is 0. The molecule has 1 aliphatic heterocycles. The van der Waals surface area contributed by atoms with E-state index in [0.717, 1.165) is 31.9 Å². The number of rotatable bonds is 7. The Bertz CT molecular complexity index is 774. The maximum atomic E-state index is 12.6. The summed E-state index contributed by atoms with van der Waals surface area (Å²) < 4.78 is 15.7. The van der Waals surface area contributed by atoms with Crippen LogP contribution in [0.3, 0.4) is 0 Å². The van der Waals surface area contributed by atoms with Crippen LogP contribution >= 0.6 is 12.4 Å². The van der Waals surface area contributed by atoms with Crippen molar-refractivity contribution >= 4 is 23.9 Å². The average molecular weight is 407 g/mol. The van der Waals surface area contributed by atoms with Crippen molar-refractivity contribution < 1.29 is 19.0 Å². The monoisotopic (exact) mass is 406 g/mol. The standard InChI is InChI=1S/C21H26N2O4.ClH/c1-25-18-7-5-17(6-8-18)23-12-10-22(11-13-23)15-19(24)16-4-9-20(26-2)21(14-16)27-3;/h4-9,14H,10-13,15H2,1-3H3;1H. The van der Waals surface area contributed by atoms with Crippen LogP contribution in [0.15, 0.2) is 42.5 Å². The third-order valence-corrected chi connectivity index (χ3v) is 4.88. The van der Waals surface area contributed by atoms with Gasteiger partial charge >= 0.3 is 0 Å². The second-order valence-corrected chi connectivity index (χ2v) is 6.45. The van der Waals surface area contributed by atoms with Gasteiger partial charge in [0.2, 0.25) is 0 Å². The molecule has 3 rings (SSSR count). The smallest absolute Gasteiger partial charge is 0.176 e. The number of piperazine rings is 1. The molecule has 6 nitrogen and oxygen atoms in total. The first kappa shape index (κ1) is 21.9. The second-order valence-electron chi connectivity index (χ2n) is 6.45. The van der Waals surface area contributed by atoms with Gasteiger partial charge in [0.15, 0.2) is 17.3 Å². The Hall–Kier alpha value is -2.44. The van der Waals surface area contributed by atoms with E-state index in [-0.39, 0.29) is 18.2 Å². The van der Waals surface area contributed by atoms with Crippen molar-refractivity contribution in [1.82, 2.24) is 4.90 Å². The Kier molecular flexibility index (Phi) is 7.96. The number of hydrogen-bond acceptors (Lipinski definition) is 6. The van der Waals surface area contributed by atoms with Crippen LogP contribution in [-0.2, 0) is 0 Å². The van der Waals surface area contributed by atoms with Crippen LogP contribution in [0.4, 0.5) is 5.69 Å². The molecule has 0 spiro atoms. The molecule has 0 radical (unpaired) electrons. The highest BCUT2D eigenvalue weighted by atomic mass is 35.5. The lowest BCUT2D eigenvalue weighted by molar-refractivity contribution is 0.0926. The fourth-order valence-corrected chi connectivity index (χ4v) is 3.26. The Morgan fingerprint density at radius 2 is 1.50 bits per heavy atom. The van der Waals surface area contributed by atoms with Crippen molar-refractivity contribution in [2.45, 2.75) is 0 Å². The van der Waals surface area contributed by atoms with E-state index in [9.17, 15) is 4.79 Å². The number of nitrogens with zero attached hydrogens (tertiary/aromatic N) is 2. The van der Waals surface area contributed by atoms with E-state index in [2.05, 4.69) is 21.9 Å². The number of benzene rings is 2. The van der Waals surface area contributed by atoms with Gasteiger partial charge in [0.25, 0.3) is 0 Å². The topological polar surface area (TPSA) is 51.2 Å². The molecule has 2 aromatic rings. The predicted octanol–water partition coefficient (Wildman–Crippen LogP) is 3.14. The first-order valence-corrected chi connectivity index (χ1v) is 9.01. The molecule has 0 N–H and O–H groups in total. The summed E-state index contributed by atoms with van der Waals surface area (Å²) in [4.78, 5) is 17.2. The summed E-state index contributed by atoms with van der Waals surface area (Å²) in [6, 6.07) is 13.4. The molecule has 1 saturated heterocycles. The zero-order valence-corrected chi connectivity index (χ0v) is 17.3. The lowest BCUT2D eigenvalue weighted by Gasteiger charge is -2.35. The van der Waals surface area contributed by atoms with Crippen LogP contribution in [0.1, 0.15) is 10.4 Å². The summed E-state index contributed by atoms with van der Waals surface area (Å²) >= 11 is 0. The maximum Gasteiger partial charge on any atom is 0.176 e. The van der Waals surface area contributed by atoms with E-state index in [0.29, 0.717) is 23.6 Å². The summed E-state index contributed by atoms with van der Waals surface area (Å²) in [5.41, 5.74) is 1.83. The summed E-state index contributed by atoms with van der Waals surface area (Å²) in [6.07, 6.45) is 0. The van der Waals surface area contributed by atoms with Crippen molar-refractivity contribution in [1.29, 1.82) is 0 Å². The zero-order valence-electron chi connectivity index (χ0n) is 16.5. The molecule has 2 aromatic carbocycles. The fourth-order valence-electron chi connectivity index (χ4n) is 3.26. The molecule has 0 aliphatic carbocycles. The van der Waals surface area contributed by atoms with Gasteiger partial charge in [-0.05, 0) is 42.5 Å². The third kappa shape index (κ3) is 5.09. The van der Waals surface area contributed by atoms with E-state index >= 15 is 0 Å². The summed E-state index contributed by atoms with van der Waals surface area (Å²) in [5, 5.41) is 0. The van der Waals surface area contributed by atoms with Gasteiger partial charge in [-0.2, -0.15) is 0 Å². The van der Waals surface area contributed by atoms with Crippen molar-refractivity contribution in [3.63, 3.8) is 0 Å². The quantitative estimate of drug-likeness (QED) is 0.658. The molecular formula is C21H27ClN2O4. The molecule has 152 valence electrons. The van der Waals surface area contributed by atoms with Crippen LogP contribution < -0.4 is 19.1 Å². The lowest BCUT2D eigenvalue weighted by atomic mass is 10.1.